The Morgan fingerprint density at radius 1 is 1.21 bits per heavy atom. The smallest absolute Gasteiger partial charge is 0.341 e. The third kappa shape index (κ3) is 4.11. The van der Waals surface area contributed by atoms with Crippen molar-refractivity contribution in [2.24, 2.45) is 0 Å². The average Bonchev–Trinajstić information content (AvgIpc) is 3.39. The van der Waals surface area contributed by atoms with Crippen LogP contribution in [-0.4, -0.2) is 38.8 Å². The highest BCUT2D eigenvalue weighted by Crippen LogP contribution is 2.38. The van der Waals surface area contributed by atoms with Gasteiger partial charge in [-0.05, 0) is 62.8 Å². The zero-order chi connectivity index (χ0) is 22.9. The van der Waals surface area contributed by atoms with Gasteiger partial charge in [0.25, 0.3) is 0 Å². The fourth-order valence-electron chi connectivity index (χ4n) is 4.33. The number of anilines is 1. The topological polar surface area (TPSA) is 85.6 Å². The Labute approximate surface area is 199 Å². The van der Waals surface area contributed by atoms with Crippen molar-refractivity contribution in [1.29, 1.82) is 0 Å². The van der Waals surface area contributed by atoms with E-state index < -0.39 is 0 Å². The van der Waals surface area contributed by atoms with E-state index in [2.05, 4.69) is 28.5 Å². The molecule has 0 unspecified atom stereocenters. The minimum Gasteiger partial charge on any atom is -0.462 e. The number of pyridine rings is 1. The fraction of sp³-hybridized carbons (Fsp3) is 0.333. The number of amides is 1. The van der Waals surface area contributed by atoms with E-state index in [0.717, 1.165) is 53.4 Å². The van der Waals surface area contributed by atoms with Crippen LogP contribution < -0.4 is 5.32 Å². The third-order valence-corrected chi connectivity index (χ3v) is 7.95. The van der Waals surface area contributed by atoms with E-state index in [0.29, 0.717) is 22.3 Å². The molecule has 1 aromatic carbocycles. The number of hydrogen-bond donors (Lipinski definition) is 1. The molecule has 170 valence electrons. The van der Waals surface area contributed by atoms with Crippen molar-refractivity contribution in [3.05, 3.63) is 51.9 Å². The van der Waals surface area contributed by atoms with Gasteiger partial charge in [-0.2, -0.15) is 0 Å². The van der Waals surface area contributed by atoms with E-state index in [4.69, 9.17) is 4.74 Å². The number of nitrogens with one attached hydrogen (secondary N) is 1. The number of nitrogens with zero attached hydrogens (tertiary/aromatic N) is 3. The van der Waals surface area contributed by atoms with E-state index in [9.17, 15) is 9.59 Å². The number of hydrogen-bond acceptors (Lipinski definition) is 7. The van der Waals surface area contributed by atoms with E-state index in [1.165, 1.54) is 28.0 Å². The second kappa shape index (κ2) is 9.15. The van der Waals surface area contributed by atoms with Gasteiger partial charge in [-0.15, -0.1) is 21.5 Å². The molecule has 0 bridgehead atoms. The second-order valence-corrected chi connectivity index (χ2v) is 10.0. The highest BCUT2D eigenvalue weighted by molar-refractivity contribution is 7.99. The molecule has 0 radical (unpaired) electrons. The second-order valence-electron chi connectivity index (χ2n) is 7.99. The van der Waals surface area contributed by atoms with Gasteiger partial charge in [0.05, 0.1) is 23.4 Å². The zero-order valence-electron chi connectivity index (χ0n) is 18.5. The number of ether oxygens (including phenoxy) is 1. The summed E-state index contributed by atoms with van der Waals surface area (Å²) in [4.78, 5) is 26.7. The summed E-state index contributed by atoms with van der Waals surface area (Å²) < 4.78 is 7.26. The Bertz CT molecular complexity index is 1380. The van der Waals surface area contributed by atoms with Crippen molar-refractivity contribution in [2.45, 2.75) is 44.7 Å². The first-order valence-electron chi connectivity index (χ1n) is 11.0. The summed E-state index contributed by atoms with van der Waals surface area (Å²) in [5, 5.41) is 14.0. The summed E-state index contributed by atoms with van der Waals surface area (Å²) in [5.74, 6) is -0.379. The Hall–Kier alpha value is -2.91. The number of rotatable bonds is 6. The van der Waals surface area contributed by atoms with Crippen LogP contribution in [0.5, 0.6) is 0 Å². The number of thioether (sulfide) groups is 1. The van der Waals surface area contributed by atoms with Crippen LogP contribution in [0, 0.1) is 6.92 Å². The van der Waals surface area contributed by atoms with Gasteiger partial charge in [0.15, 0.2) is 10.8 Å². The number of fused-ring (bicyclic) bond motifs is 4. The molecule has 0 fully saturated rings. The van der Waals surface area contributed by atoms with Crippen LogP contribution in [0.15, 0.2) is 35.5 Å². The molecule has 1 aliphatic carbocycles. The van der Waals surface area contributed by atoms with E-state index in [1.54, 1.807) is 6.92 Å². The molecule has 0 atom stereocenters. The number of aromatic nitrogens is 3. The Morgan fingerprint density at radius 3 is 2.88 bits per heavy atom. The molecule has 5 rings (SSSR count). The lowest BCUT2D eigenvalue weighted by atomic mass is 9.95. The van der Waals surface area contributed by atoms with Gasteiger partial charge < -0.3 is 10.1 Å². The fourth-order valence-corrected chi connectivity index (χ4v) is 6.38. The molecule has 1 N–H and O–H groups in total. The van der Waals surface area contributed by atoms with Gasteiger partial charge >= 0.3 is 5.97 Å². The number of carbonyl (C=O) groups is 2. The Morgan fingerprint density at radius 2 is 2.03 bits per heavy atom. The summed E-state index contributed by atoms with van der Waals surface area (Å²) in [6.45, 7) is 4.15. The van der Waals surface area contributed by atoms with Crippen LogP contribution in [0.4, 0.5) is 5.00 Å². The van der Waals surface area contributed by atoms with Crippen LogP contribution in [-0.2, 0) is 22.4 Å². The highest BCUT2D eigenvalue weighted by atomic mass is 32.2. The van der Waals surface area contributed by atoms with E-state index >= 15 is 0 Å². The van der Waals surface area contributed by atoms with Crippen molar-refractivity contribution in [3.63, 3.8) is 0 Å². The molecule has 0 saturated carbocycles. The molecular formula is C24H24N4O3S2. The first-order valence-corrected chi connectivity index (χ1v) is 12.8. The van der Waals surface area contributed by atoms with E-state index in [1.807, 2.05) is 28.7 Å². The molecule has 7 nitrogen and oxygen atoms in total. The van der Waals surface area contributed by atoms with Crippen LogP contribution in [0.2, 0.25) is 0 Å². The van der Waals surface area contributed by atoms with Gasteiger partial charge in [-0.3, -0.25) is 9.20 Å². The molecule has 33 heavy (non-hydrogen) atoms. The van der Waals surface area contributed by atoms with Gasteiger partial charge in [0, 0.05) is 10.3 Å². The normalized spacial score (nSPS) is 13.3. The summed E-state index contributed by atoms with van der Waals surface area (Å²) >= 11 is 2.83. The summed E-state index contributed by atoms with van der Waals surface area (Å²) in [7, 11) is 0. The molecule has 1 amide bonds. The number of esters is 1. The molecule has 4 aromatic rings. The predicted octanol–water partition coefficient (Wildman–Crippen LogP) is 5.04. The maximum atomic E-state index is 12.9. The van der Waals surface area contributed by atoms with Crippen LogP contribution in [0.3, 0.4) is 0 Å². The summed E-state index contributed by atoms with van der Waals surface area (Å²) in [6.07, 6.45) is 3.94. The van der Waals surface area contributed by atoms with Crippen molar-refractivity contribution in [3.8, 4) is 0 Å². The lowest BCUT2D eigenvalue weighted by Crippen LogP contribution is -2.17. The number of carbonyl (C=O) groups excluding carboxylic acids is 2. The maximum absolute atomic E-state index is 12.9. The zero-order valence-corrected chi connectivity index (χ0v) is 20.1. The molecule has 3 aromatic heterocycles. The largest absolute Gasteiger partial charge is 0.462 e. The summed E-state index contributed by atoms with van der Waals surface area (Å²) in [5.41, 5.74) is 4.47. The summed E-state index contributed by atoms with van der Waals surface area (Å²) in [6, 6.07) is 10.1. The molecule has 9 heteroatoms. The maximum Gasteiger partial charge on any atom is 0.341 e. The first-order chi connectivity index (χ1) is 16.1. The molecule has 1 aliphatic rings. The van der Waals surface area contributed by atoms with Gasteiger partial charge in [-0.1, -0.05) is 30.0 Å². The molecule has 0 spiro atoms. The van der Waals surface area contributed by atoms with Gasteiger partial charge in [0.1, 0.15) is 5.00 Å². The number of aryl methyl sites for hydroxylation is 2. The Kier molecular flexibility index (Phi) is 6.07. The third-order valence-electron chi connectivity index (χ3n) is 5.81. The van der Waals surface area contributed by atoms with Crippen LogP contribution in [0.25, 0.3) is 16.6 Å². The first kappa shape index (κ1) is 21.9. The van der Waals surface area contributed by atoms with Crippen molar-refractivity contribution in [2.75, 3.05) is 17.7 Å². The SMILES string of the molecule is CCOC(=O)c1c(NC(=O)CSc2nnc3cc(C)c4ccccc4n23)sc2c1CCCC2. The Balaban J connectivity index is 1.38. The van der Waals surface area contributed by atoms with Crippen molar-refractivity contribution in [1.82, 2.24) is 14.6 Å². The monoisotopic (exact) mass is 480 g/mol. The molecule has 0 aliphatic heterocycles. The van der Waals surface area contributed by atoms with E-state index in [-0.39, 0.29) is 17.6 Å². The molecule has 0 saturated heterocycles. The standard InChI is InChI=1S/C24H24N4O3S2/c1-3-31-23(30)21-16-9-5-7-11-18(16)33-22(21)25-20(29)13-32-24-27-26-19-12-14(2)15-8-4-6-10-17(15)28(19)24/h4,6,8,10,12H,3,5,7,9,11,13H2,1-2H3,(H,25,29). The van der Waals surface area contributed by atoms with Crippen molar-refractivity contribution < 1.29 is 14.3 Å². The van der Waals surface area contributed by atoms with Crippen LogP contribution in [0.1, 0.15) is 46.1 Å². The van der Waals surface area contributed by atoms with Crippen molar-refractivity contribution >= 4 is 56.5 Å². The number of benzene rings is 1. The lowest BCUT2D eigenvalue weighted by Gasteiger charge is -2.12. The average molecular weight is 481 g/mol. The molecular weight excluding hydrogens is 456 g/mol. The minimum absolute atomic E-state index is 0.161. The highest BCUT2D eigenvalue weighted by Gasteiger charge is 2.27. The molecule has 3 heterocycles. The lowest BCUT2D eigenvalue weighted by molar-refractivity contribution is -0.113. The van der Waals surface area contributed by atoms with Gasteiger partial charge in [0.2, 0.25) is 5.91 Å². The minimum atomic E-state index is -0.356. The number of thiophene rings is 1. The number of para-hydroxylation sites is 1. The predicted molar refractivity (Wildman–Crippen MR) is 132 cm³/mol. The quantitative estimate of drug-likeness (QED) is 0.307. The van der Waals surface area contributed by atoms with Crippen LogP contribution >= 0.6 is 23.1 Å². The van der Waals surface area contributed by atoms with Gasteiger partial charge in [-0.25, -0.2) is 4.79 Å².